The van der Waals surface area contributed by atoms with Crippen LogP contribution in [0, 0.1) is 5.41 Å². The van der Waals surface area contributed by atoms with Crippen LogP contribution in [0.5, 0.6) is 0 Å². The molecular formula is C41H70N9O25P3S. The molecule has 2 aliphatic rings. The van der Waals surface area contributed by atoms with Crippen LogP contribution >= 0.6 is 35.2 Å². The van der Waals surface area contributed by atoms with Gasteiger partial charge in [0.25, 0.3) is 0 Å². The standard InChI is InChI=1S/C41H70N9O25P3S/c1-41(2,24-72-78(63,64)75-77(61,62)71-23-27-34(74-76(58,59)60)33(54)40(73-27)50-26-48-32-36(42)46-25-47-37(32)50)35(55)38(56)45-6-4-29(51)44-8-21-79-28-22-31(53)49(39(28)57)9-7-43-30(52)5-10-66-13-14-68-17-18-70-20-19-69-16-15-67-12-11-65-3/h25-28,33-35,40,54-55H,4-24H2,1-3H3,(H,43,52)(H,44,51)(H,45,56)(H,61,62)(H,63,64)(H2,42,46,47)(H2,58,59,60)/t27-,28?,33+,34?,35+,40-/m1/s1. The van der Waals surface area contributed by atoms with Crippen molar-refractivity contribution in [2.45, 2.75) is 69.0 Å². The lowest BCUT2D eigenvalue weighted by molar-refractivity contribution is -0.139. The van der Waals surface area contributed by atoms with E-state index in [1.54, 1.807) is 7.11 Å². The van der Waals surface area contributed by atoms with Gasteiger partial charge in [-0.3, -0.25) is 47.0 Å². The number of ether oxygens (including phenoxy) is 7. The van der Waals surface area contributed by atoms with Crippen LogP contribution in [0.25, 0.3) is 11.2 Å². The van der Waals surface area contributed by atoms with Gasteiger partial charge in [-0.05, 0) is 0 Å². The molecule has 4 heterocycles. The highest BCUT2D eigenvalue weighted by molar-refractivity contribution is 8.00. The number of imide groups is 1. The lowest BCUT2D eigenvalue weighted by Crippen LogP contribution is -2.46. The van der Waals surface area contributed by atoms with Gasteiger partial charge in [-0.2, -0.15) is 4.31 Å². The third kappa shape index (κ3) is 23.9. The van der Waals surface area contributed by atoms with E-state index in [4.69, 9.17) is 47.9 Å². The third-order valence-electron chi connectivity index (χ3n) is 11.1. The Morgan fingerprint density at radius 2 is 1.41 bits per heavy atom. The molecule has 5 amide bonds. The van der Waals surface area contributed by atoms with Gasteiger partial charge in [0.1, 0.15) is 36.3 Å². The Hall–Kier alpha value is -3.74. The number of nitrogens with zero attached hydrogens (tertiary/aromatic N) is 5. The minimum Gasteiger partial charge on any atom is -0.386 e. The Bertz CT molecular complexity index is 2430. The number of imidazole rings is 1. The van der Waals surface area contributed by atoms with Crippen molar-refractivity contribution in [1.82, 2.24) is 40.4 Å². The average molecular weight is 1210 g/mol. The second kappa shape index (κ2) is 33.4. The number of rotatable bonds is 41. The molecule has 34 nitrogen and oxygen atoms in total. The molecule has 0 bridgehead atoms. The first-order chi connectivity index (χ1) is 37.3. The van der Waals surface area contributed by atoms with Gasteiger partial charge in [0, 0.05) is 63.7 Å². The quantitative estimate of drug-likeness (QED) is 0.0187. The lowest BCUT2D eigenvalue weighted by atomic mass is 9.87. The molecule has 0 aliphatic carbocycles. The summed E-state index contributed by atoms with van der Waals surface area (Å²) >= 11 is 1.16. The van der Waals surface area contributed by atoms with Gasteiger partial charge in [-0.1, -0.05) is 13.8 Å². The highest BCUT2D eigenvalue weighted by atomic mass is 32.2. The molecule has 4 rings (SSSR count). The van der Waals surface area contributed by atoms with Crippen molar-refractivity contribution in [3.63, 3.8) is 0 Å². The molecule has 4 unspecified atom stereocenters. The van der Waals surface area contributed by atoms with Crippen LogP contribution in [-0.4, -0.2) is 238 Å². The Balaban J connectivity index is 1.04. The van der Waals surface area contributed by atoms with Gasteiger partial charge >= 0.3 is 23.5 Å². The van der Waals surface area contributed by atoms with E-state index in [1.807, 2.05) is 0 Å². The van der Waals surface area contributed by atoms with E-state index in [1.165, 1.54) is 13.8 Å². The summed E-state index contributed by atoms with van der Waals surface area (Å²) in [5, 5.41) is 28.5. The number of likely N-dealkylation sites (tertiary alicyclic amines) is 1. The van der Waals surface area contributed by atoms with Crippen LogP contribution < -0.4 is 21.7 Å². The summed E-state index contributed by atoms with van der Waals surface area (Å²) in [4.78, 5) is 115. The predicted molar refractivity (Wildman–Crippen MR) is 271 cm³/mol. The fraction of sp³-hybridized carbons (Fsp3) is 0.756. The van der Waals surface area contributed by atoms with Crippen LogP contribution in [0.2, 0.25) is 0 Å². The number of aliphatic hydroxyl groups is 2. The Morgan fingerprint density at radius 1 is 0.823 bits per heavy atom. The fourth-order valence-electron chi connectivity index (χ4n) is 7.03. The molecule has 38 heteroatoms. The molecule has 0 aromatic carbocycles. The number of nitrogens with one attached hydrogen (secondary N) is 3. The van der Waals surface area contributed by atoms with Crippen LogP contribution in [0.4, 0.5) is 5.82 Å². The van der Waals surface area contributed by atoms with E-state index in [0.29, 0.717) is 59.5 Å². The molecule has 2 aliphatic heterocycles. The summed E-state index contributed by atoms with van der Waals surface area (Å²) in [7, 11) is -14.9. The molecule has 0 saturated carbocycles. The van der Waals surface area contributed by atoms with Gasteiger partial charge in [0.2, 0.25) is 29.5 Å². The van der Waals surface area contributed by atoms with Gasteiger partial charge in [0.15, 0.2) is 17.7 Å². The van der Waals surface area contributed by atoms with E-state index in [2.05, 4.69) is 39.7 Å². The van der Waals surface area contributed by atoms with Crippen LogP contribution in [0.15, 0.2) is 12.7 Å². The van der Waals surface area contributed by atoms with E-state index in [0.717, 1.165) is 33.9 Å². The summed E-state index contributed by atoms with van der Waals surface area (Å²) in [5.41, 5.74) is 4.19. The maximum atomic E-state index is 12.9. The maximum absolute atomic E-state index is 12.9. The molecule has 2 fully saturated rings. The summed E-state index contributed by atoms with van der Waals surface area (Å²) in [5.74, 6) is -2.50. The van der Waals surface area contributed by atoms with Crippen molar-refractivity contribution in [2.24, 2.45) is 5.41 Å². The van der Waals surface area contributed by atoms with E-state index in [9.17, 15) is 67.5 Å². The monoisotopic (exact) mass is 1210 g/mol. The molecule has 79 heavy (non-hydrogen) atoms. The van der Waals surface area contributed by atoms with Gasteiger partial charge < -0.3 is 84.6 Å². The van der Waals surface area contributed by atoms with Crippen molar-refractivity contribution in [3.8, 4) is 0 Å². The molecule has 0 spiro atoms. The number of methoxy groups -OCH3 is 1. The molecule has 8 atom stereocenters. The average Bonchev–Trinajstić information content (AvgIpc) is 4.10. The van der Waals surface area contributed by atoms with E-state index in [-0.39, 0.29) is 87.3 Å². The van der Waals surface area contributed by atoms with Crippen molar-refractivity contribution >= 4 is 81.7 Å². The SMILES string of the molecule is COCCOCCOCCOCCOCCOCCC(=O)NCCN1C(=O)CC(SCCNC(=O)CCNC(=O)[C@H](O)C(C)(C)COP(=O)(O)OP(=O)(O)OC[C@H]2O[C@@H](n3cnc4c(N)ncnc43)[C@@H](O)C2OP(=O)(O)O)C1=O. The third-order valence-corrected chi connectivity index (χ3v) is 15.4. The Labute approximate surface area is 457 Å². The number of carbonyl (C=O) groups excluding carboxylic acids is 5. The number of carbonyl (C=O) groups is 5. The fourth-order valence-corrected chi connectivity index (χ4v) is 10.9. The summed E-state index contributed by atoms with van der Waals surface area (Å²) in [6.45, 7) is 4.55. The van der Waals surface area contributed by atoms with E-state index >= 15 is 0 Å². The number of phosphoric ester groups is 3. The molecule has 450 valence electrons. The van der Waals surface area contributed by atoms with E-state index < -0.39 is 102 Å². The second-order valence-electron chi connectivity index (χ2n) is 17.7. The highest BCUT2D eigenvalue weighted by Crippen LogP contribution is 2.61. The predicted octanol–water partition coefficient (Wildman–Crippen LogP) is -2.50. The number of aliphatic hydroxyl groups excluding tert-OH is 2. The number of fused-ring (bicyclic) bond motifs is 1. The minimum atomic E-state index is -5.62. The summed E-state index contributed by atoms with van der Waals surface area (Å²) < 4.78 is 94.3. The number of amides is 5. The first-order valence-electron chi connectivity index (χ1n) is 24.3. The minimum absolute atomic E-state index is 0.0133. The Morgan fingerprint density at radius 3 is 2.03 bits per heavy atom. The number of nitrogens with two attached hydrogens (primary N) is 1. The first kappa shape index (κ1) is 67.8. The number of hydrogen-bond acceptors (Lipinski definition) is 26. The summed E-state index contributed by atoms with van der Waals surface area (Å²) in [6.07, 6.45) is -7.19. The highest BCUT2D eigenvalue weighted by Gasteiger charge is 2.50. The second-order valence-corrected chi connectivity index (χ2v) is 23.2. The molecule has 0 radical (unpaired) electrons. The molecule has 2 aromatic rings. The van der Waals surface area contributed by atoms with Crippen LogP contribution in [0.1, 0.15) is 39.3 Å². The molecule has 2 saturated heterocycles. The van der Waals surface area contributed by atoms with Crippen LogP contribution in [0.3, 0.4) is 0 Å². The molecule has 11 N–H and O–H groups in total. The topological polar surface area (TPSA) is 468 Å². The molecule has 2 aromatic heterocycles. The Kier molecular flexibility index (Phi) is 28.6. The molecular weight excluding hydrogens is 1140 g/mol. The summed E-state index contributed by atoms with van der Waals surface area (Å²) in [6, 6.07) is 0. The van der Waals surface area contributed by atoms with Crippen molar-refractivity contribution in [3.05, 3.63) is 12.7 Å². The number of nitrogen functional groups attached to an aromatic ring is 1. The van der Waals surface area contributed by atoms with Gasteiger partial charge in [-0.15, -0.1) is 11.8 Å². The number of aromatic nitrogens is 4. The van der Waals surface area contributed by atoms with Gasteiger partial charge in [0.05, 0.1) is 97.5 Å². The lowest BCUT2D eigenvalue weighted by Gasteiger charge is -2.30. The largest absolute Gasteiger partial charge is 0.481 e. The van der Waals surface area contributed by atoms with Crippen molar-refractivity contribution in [2.75, 3.05) is 131 Å². The number of thioether (sulfide) groups is 1. The van der Waals surface area contributed by atoms with Gasteiger partial charge in [-0.25, -0.2) is 28.6 Å². The maximum Gasteiger partial charge on any atom is 0.481 e. The van der Waals surface area contributed by atoms with Crippen molar-refractivity contribution in [1.29, 1.82) is 0 Å². The zero-order valence-corrected chi connectivity index (χ0v) is 47.0. The first-order valence-corrected chi connectivity index (χ1v) is 29.9. The number of anilines is 1. The zero-order chi connectivity index (χ0) is 58.2. The van der Waals surface area contributed by atoms with Crippen molar-refractivity contribution < 1.29 is 118 Å². The van der Waals surface area contributed by atoms with Crippen LogP contribution in [-0.2, 0) is 88.7 Å². The number of hydrogen-bond donors (Lipinski definition) is 10. The zero-order valence-electron chi connectivity index (χ0n) is 43.5. The smallest absolute Gasteiger partial charge is 0.386 e. The normalized spacial score (nSPS) is 20.8. The number of phosphoric acid groups is 3.